The Labute approximate surface area is 327 Å². The zero-order valence-corrected chi connectivity index (χ0v) is 30.9. The second-order valence-electron chi connectivity index (χ2n) is 14.0. The number of pyridine rings is 1. The van der Waals surface area contributed by atoms with E-state index >= 15 is 0 Å². The van der Waals surface area contributed by atoms with Gasteiger partial charge in [0, 0.05) is 71.2 Å². The predicted octanol–water partition coefficient (Wildman–Crippen LogP) is 14.1. The summed E-state index contributed by atoms with van der Waals surface area (Å²) in [5.74, 6) is 0.676. The fraction of sp³-hybridized carbons (Fsp3) is 0. The summed E-state index contributed by atoms with van der Waals surface area (Å²) in [5, 5.41) is 4.78. The van der Waals surface area contributed by atoms with Gasteiger partial charge < -0.3 is 4.42 Å². The SMILES string of the molecule is c1ccc(-c2cc(-c3ccc(-c4cccnc4)cc3)nc(-c3ccc(-c4ccc(-c5cccc6c5sc5ccccc56)c5oc6ccccc6c45)cc3)n2)cc1. The first-order valence-corrected chi connectivity index (χ1v) is 19.5. The number of aromatic nitrogens is 3. The van der Waals surface area contributed by atoms with Gasteiger partial charge in [0.05, 0.1) is 11.4 Å². The number of furan rings is 1. The van der Waals surface area contributed by atoms with Crippen molar-refractivity contribution >= 4 is 53.4 Å². The van der Waals surface area contributed by atoms with Crippen LogP contribution in [0.3, 0.4) is 0 Å². The number of hydrogen-bond donors (Lipinski definition) is 0. The van der Waals surface area contributed by atoms with Crippen molar-refractivity contribution in [3.63, 3.8) is 0 Å². The van der Waals surface area contributed by atoms with Crippen LogP contribution in [-0.4, -0.2) is 15.0 Å². The summed E-state index contributed by atoms with van der Waals surface area (Å²) in [7, 11) is 0. The Bertz CT molecular complexity index is 3220. The smallest absolute Gasteiger partial charge is 0.160 e. The molecule has 4 aromatic heterocycles. The summed E-state index contributed by atoms with van der Waals surface area (Å²) in [4.78, 5) is 14.5. The van der Waals surface area contributed by atoms with E-state index in [-0.39, 0.29) is 0 Å². The average Bonchev–Trinajstić information content (AvgIpc) is 3.86. The highest BCUT2D eigenvalue weighted by Gasteiger charge is 2.20. The monoisotopic (exact) mass is 733 g/mol. The lowest BCUT2D eigenvalue weighted by Crippen LogP contribution is -1.96. The molecule has 0 bridgehead atoms. The molecule has 5 heteroatoms. The van der Waals surface area contributed by atoms with Crippen molar-refractivity contribution in [1.82, 2.24) is 15.0 Å². The van der Waals surface area contributed by atoms with Crippen LogP contribution in [-0.2, 0) is 0 Å². The first-order valence-electron chi connectivity index (χ1n) is 18.7. The highest BCUT2D eigenvalue weighted by atomic mass is 32.1. The Morgan fingerprint density at radius 3 is 1.88 bits per heavy atom. The first-order chi connectivity index (χ1) is 27.7. The molecule has 0 radical (unpaired) electrons. The Hall–Kier alpha value is -7.21. The second kappa shape index (κ2) is 13.3. The quantitative estimate of drug-likeness (QED) is 0.171. The van der Waals surface area contributed by atoms with Crippen molar-refractivity contribution in [1.29, 1.82) is 0 Å². The molecule has 0 saturated heterocycles. The number of benzene rings is 7. The van der Waals surface area contributed by atoms with Crippen LogP contribution < -0.4 is 0 Å². The van der Waals surface area contributed by atoms with Crippen LogP contribution in [0.2, 0.25) is 0 Å². The lowest BCUT2D eigenvalue weighted by Gasteiger charge is -2.12. The zero-order valence-electron chi connectivity index (χ0n) is 30.1. The van der Waals surface area contributed by atoms with Gasteiger partial charge in [0.2, 0.25) is 0 Å². The van der Waals surface area contributed by atoms with E-state index in [1.807, 2.05) is 47.9 Å². The van der Waals surface area contributed by atoms with Gasteiger partial charge in [-0.25, -0.2) is 9.97 Å². The van der Waals surface area contributed by atoms with Gasteiger partial charge >= 0.3 is 0 Å². The topological polar surface area (TPSA) is 51.8 Å². The molecule has 11 rings (SSSR count). The molecule has 0 N–H and O–H groups in total. The Kier molecular flexibility index (Phi) is 7.64. The summed E-state index contributed by atoms with van der Waals surface area (Å²) in [6, 6.07) is 61.6. The molecule has 0 aliphatic carbocycles. The Morgan fingerprint density at radius 2 is 1.07 bits per heavy atom. The van der Waals surface area contributed by atoms with Crippen molar-refractivity contribution in [3.05, 3.63) is 188 Å². The van der Waals surface area contributed by atoms with E-state index in [1.54, 1.807) is 6.20 Å². The maximum Gasteiger partial charge on any atom is 0.160 e. The molecule has 0 fully saturated rings. The number of rotatable bonds is 6. The van der Waals surface area contributed by atoms with Crippen LogP contribution in [0.25, 0.3) is 109 Å². The van der Waals surface area contributed by atoms with Gasteiger partial charge in [-0.15, -0.1) is 11.3 Å². The third-order valence-electron chi connectivity index (χ3n) is 10.6. The van der Waals surface area contributed by atoms with Crippen LogP contribution in [0.15, 0.2) is 193 Å². The number of thiophene rings is 1. The van der Waals surface area contributed by atoms with Gasteiger partial charge in [0.1, 0.15) is 11.2 Å². The van der Waals surface area contributed by atoms with Gasteiger partial charge in [-0.2, -0.15) is 0 Å². The molecule has 0 unspecified atom stereocenters. The van der Waals surface area contributed by atoms with Crippen molar-refractivity contribution < 1.29 is 4.42 Å². The van der Waals surface area contributed by atoms with Crippen LogP contribution >= 0.6 is 11.3 Å². The summed E-state index contributed by atoms with van der Waals surface area (Å²) in [5.41, 5.74) is 13.2. The number of nitrogens with zero attached hydrogens (tertiary/aromatic N) is 3. The standard InChI is InChI=1S/C51H31N3OS/c1-2-10-34(11-3-1)44-30-45(35-23-19-32(20-24-35)37-12-9-29-52-31-37)54-51(53-44)36-25-21-33(22-26-36)38-27-28-40(49-48(38)43-14-4-6-17-46(43)55-49)42-16-8-15-41-39-13-5-7-18-47(39)56-50(41)42/h1-31H. The number of fused-ring (bicyclic) bond motifs is 6. The minimum absolute atomic E-state index is 0.676. The van der Waals surface area contributed by atoms with E-state index in [1.165, 1.54) is 25.7 Å². The summed E-state index contributed by atoms with van der Waals surface area (Å²) in [6.45, 7) is 0. The van der Waals surface area contributed by atoms with Crippen LogP contribution in [0.1, 0.15) is 0 Å². The van der Waals surface area contributed by atoms with Crippen molar-refractivity contribution in [2.24, 2.45) is 0 Å². The molecule has 4 heterocycles. The number of hydrogen-bond acceptors (Lipinski definition) is 5. The van der Waals surface area contributed by atoms with Crippen molar-refractivity contribution in [3.8, 4) is 67.3 Å². The van der Waals surface area contributed by atoms with Crippen LogP contribution in [0, 0.1) is 0 Å². The minimum Gasteiger partial charge on any atom is -0.455 e. The summed E-state index contributed by atoms with van der Waals surface area (Å²) in [6.07, 6.45) is 3.68. The largest absolute Gasteiger partial charge is 0.455 e. The van der Waals surface area contributed by atoms with Crippen LogP contribution in [0.5, 0.6) is 0 Å². The molecule has 56 heavy (non-hydrogen) atoms. The molecule has 0 aliphatic heterocycles. The molecule has 7 aromatic carbocycles. The van der Waals surface area contributed by atoms with Gasteiger partial charge in [-0.3, -0.25) is 4.98 Å². The first kappa shape index (κ1) is 32.2. The Morgan fingerprint density at radius 1 is 0.429 bits per heavy atom. The molecule has 0 atom stereocenters. The van der Waals surface area contributed by atoms with E-state index in [0.717, 1.165) is 77.8 Å². The molecule has 0 saturated carbocycles. The highest BCUT2D eigenvalue weighted by Crippen LogP contribution is 2.46. The summed E-state index contributed by atoms with van der Waals surface area (Å²) >= 11 is 1.84. The molecule has 0 spiro atoms. The van der Waals surface area contributed by atoms with E-state index in [0.29, 0.717) is 5.82 Å². The van der Waals surface area contributed by atoms with Gasteiger partial charge in [0.25, 0.3) is 0 Å². The molecule has 0 amide bonds. The molecule has 0 aliphatic rings. The second-order valence-corrected chi connectivity index (χ2v) is 15.0. The molecule has 4 nitrogen and oxygen atoms in total. The van der Waals surface area contributed by atoms with E-state index in [4.69, 9.17) is 14.4 Å². The zero-order chi connectivity index (χ0) is 37.0. The maximum absolute atomic E-state index is 6.74. The summed E-state index contributed by atoms with van der Waals surface area (Å²) < 4.78 is 9.30. The molecular formula is C51H31N3OS. The maximum atomic E-state index is 6.74. The van der Waals surface area contributed by atoms with Gasteiger partial charge in [-0.1, -0.05) is 146 Å². The van der Waals surface area contributed by atoms with E-state index in [2.05, 4.69) is 151 Å². The third kappa shape index (κ3) is 5.48. The molecular weight excluding hydrogens is 703 g/mol. The van der Waals surface area contributed by atoms with Gasteiger partial charge in [0.15, 0.2) is 5.82 Å². The average molecular weight is 734 g/mol. The third-order valence-corrected chi connectivity index (χ3v) is 11.9. The predicted molar refractivity (Wildman–Crippen MR) is 233 cm³/mol. The Balaban J connectivity index is 1.02. The van der Waals surface area contributed by atoms with E-state index < -0.39 is 0 Å². The van der Waals surface area contributed by atoms with E-state index in [9.17, 15) is 0 Å². The van der Waals surface area contributed by atoms with Crippen molar-refractivity contribution in [2.75, 3.05) is 0 Å². The molecule has 11 aromatic rings. The van der Waals surface area contributed by atoms with Gasteiger partial charge in [-0.05, 0) is 52.6 Å². The highest BCUT2D eigenvalue weighted by molar-refractivity contribution is 7.26. The molecule has 262 valence electrons. The fourth-order valence-corrected chi connectivity index (χ4v) is 9.12. The minimum atomic E-state index is 0.676. The van der Waals surface area contributed by atoms with Crippen LogP contribution in [0.4, 0.5) is 0 Å². The number of para-hydroxylation sites is 1. The lowest BCUT2D eigenvalue weighted by molar-refractivity contribution is 0.670. The lowest BCUT2D eigenvalue weighted by atomic mass is 9.93. The normalized spacial score (nSPS) is 11.6. The van der Waals surface area contributed by atoms with Crippen molar-refractivity contribution in [2.45, 2.75) is 0 Å². The fourth-order valence-electron chi connectivity index (χ4n) is 7.89.